The molecule has 5 nitrogen and oxygen atoms in total. The largest absolute Gasteiger partial charge is 0.293 e. The van der Waals surface area contributed by atoms with Crippen molar-refractivity contribution in [1.29, 1.82) is 0 Å². The molecule has 2 saturated heterocycles. The van der Waals surface area contributed by atoms with Crippen molar-refractivity contribution in [2.24, 2.45) is 11.8 Å². The Balaban J connectivity index is 1.46. The number of nitrogens with zero attached hydrogens (tertiary/aromatic N) is 2. The molecule has 0 spiro atoms. The fourth-order valence-electron chi connectivity index (χ4n) is 4.85. The van der Waals surface area contributed by atoms with Gasteiger partial charge in [0.2, 0.25) is 11.8 Å². The first kappa shape index (κ1) is 17.1. The zero-order valence-corrected chi connectivity index (χ0v) is 15.3. The van der Waals surface area contributed by atoms with E-state index in [0.717, 1.165) is 11.1 Å². The molecule has 2 amide bonds. The third-order valence-corrected chi connectivity index (χ3v) is 6.08. The van der Waals surface area contributed by atoms with Crippen molar-refractivity contribution < 1.29 is 14.4 Å². The van der Waals surface area contributed by atoms with Crippen molar-refractivity contribution in [2.45, 2.75) is 25.2 Å². The maximum atomic E-state index is 13.2. The van der Waals surface area contributed by atoms with Crippen molar-refractivity contribution >= 4 is 17.6 Å². The van der Waals surface area contributed by atoms with E-state index in [2.05, 4.69) is 0 Å². The summed E-state index contributed by atoms with van der Waals surface area (Å²) in [5, 5.41) is 0. The molecular weight excluding hydrogens is 352 g/mol. The van der Waals surface area contributed by atoms with Crippen LogP contribution in [0, 0.1) is 11.8 Å². The number of likely N-dealkylation sites (tertiary alicyclic amines) is 1. The number of carbonyl (C=O) groups excluding carboxylic acids is 3. The van der Waals surface area contributed by atoms with Crippen LogP contribution in [-0.4, -0.2) is 39.5 Å². The zero-order chi connectivity index (χ0) is 19.3. The van der Waals surface area contributed by atoms with Gasteiger partial charge >= 0.3 is 0 Å². The zero-order valence-electron chi connectivity index (χ0n) is 15.3. The van der Waals surface area contributed by atoms with Gasteiger partial charge < -0.3 is 0 Å². The number of hydrogen-bond acceptors (Lipinski definition) is 4. The van der Waals surface area contributed by atoms with Crippen LogP contribution in [0.3, 0.4) is 0 Å². The highest BCUT2D eigenvalue weighted by Crippen LogP contribution is 2.46. The van der Waals surface area contributed by atoms with Crippen LogP contribution < -0.4 is 0 Å². The van der Waals surface area contributed by atoms with E-state index < -0.39 is 17.9 Å². The number of rotatable bonds is 4. The molecule has 0 aliphatic carbocycles. The Labute approximate surface area is 163 Å². The molecule has 0 unspecified atom stereocenters. The van der Waals surface area contributed by atoms with Crippen LogP contribution in [0.4, 0.5) is 0 Å². The molecule has 0 aromatic heterocycles. The molecule has 5 heteroatoms. The summed E-state index contributed by atoms with van der Waals surface area (Å²) in [7, 11) is 0. The van der Waals surface area contributed by atoms with Gasteiger partial charge in [-0.15, -0.1) is 0 Å². The summed E-state index contributed by atoms with van der Waals surface area (Å²) >= 11 is 0. The smallest absolute Gasteiger partial charge is 0.235 e. The number of benzene rings is 2. The highest BCUT2D eigenvalue weighted by molar-refractivity contribution is 6.11. The van der Waals surface area contributed by atoms with Gasteiger partial charge in [-0.1, -0.05) is 66.7 Å². The van der Waals surface area contributed by atoms with Crippen molar-refractivity contribution in [3.8, 4) is 0 Å². The number of amides is 2. The number of ketones is 1. The molecule has 4 atom stereocenters. The first-order valence-corrected chi connectivity index (χ1v) is 9.56. The lowest BCUT2D eigenvalue weighted by Crippen LogP contribution is -2.48. The predicted octanol–water partition coefficient (Wildman–Crippen LogP) is 2.18. The summed E-state index contributed by atoms with van der Waals surface area (Å²) < 4.78 is 0. The Morgan fingerprint density at radius 2 is 1.29 bits per heavy atom. The normalized spacial score (nSPS) is 28.9. The Morgan fingerprint density at radius 3 is 1.93 bits per heavy atom. The average Bonchev–Trinajstić information content (AvgIpc) is 3.08. The fraction of sp³-hybridized carbons (Fsp3) is 0.261. The summed E-state index contributed by atoms with van der Waals surface area (Å²) in [5.41, 5.74) is 1.99. The Bertz CT molecular complexity index is 970. The number of hydrogen-bond donors (Lipinski definition) is 0. The first-order valence-electron chi connectivity index (χ1n) is 9.56. The maximum Gasteiger partial charge on any atom is 0.235 e. The number of fused-ring (bicyclic) bond motifs is 5. The quantitative estimate of drug-likeness (QED) is 0.772. The van der Waals surface area contributed by atoms with E-state index in [-0.39, 0.29) is 30.2 Å². The fourth-order valence-corrected chi connectivity index (χ4v) is 4.85. The Morgan fingerprint density at radius 1 is 0.714 bits per heavy atom. The van der Waals surface area contributed by atoms with Gasteiger partial charge in [-0.2, -0.15) is 0 Å². The van der Waals surface area contributed by atoms with Crippen molar-refractivity contribution in [1.82, 2.24) is 9.80 Å². The van der Waals surface area contributed by atoms with E-state index in [9.17, 15) is 14.4 Å². The molecule has 2 bridgehead atoms. The lowest BCUT2D eigenvalue weighted by Gasteiger charge is -2.33. The van der Waals surface area contributed by atoms with Crippen LogP contribution in [0.5, 0.6) is 0 Å². The average molecular weight is 372 g/mol. The molecule has 28 heavy (non-hydrogen) atoms. The molecule has 2 aromatic rings. The molecule has 2 fully saturated rings. The van der Waals surface area contributed by atoms with Crippen LogP contribution in [-0.2, 0) is 27.5 Å². The highest BCUT2D eigenvalue weighted by Gasteiger charge is 2.63. The molecule has 0 N–H and O–H groups in total. The lowest BCUT2D eigenvalue weighted by molar-refractivity contribution is -0.143. The number of imide groups is 1. The lowest BCUT2D eigenvalue weighted by atomic mass is 9.90. The van der Waals surface area contributed by atoms with Gasteiger partial charge in [0.25, 0.3) is 0 Å². The first-order chi connectivity index (χ1) is 13.6. The second-order valence-corrected chi connectivity index (χ2v) is 7.65. The van der Waals surface area contributed by atoms with Gasteiger partial charge in [0.15, 0.2) is 5.78 Å². The molecule has 140 valence electrons. The molecule has 5 rings (SSSR count). The second kappa shape index (κ2) is 6.53. The van der Waals surface area contributed by atoms with Crippen LogP contribution in [0.2, 0.25) is 0 Å². The summed E-state index contributed by atoms with van der Waals surface area (Å²) in [5.74, 6) is -1.53. The summed E-state index contributed by atoms with van der Waals surface area (Å²) in [6.07, 6.45) is 3.36. The van der Waals surface area contributed by atoms with Gasteiger partial charge in [-0.25, -0.2) is 0 Å². The van der Waals surface area contributed by atoms with Crippen LogP contribution in [0.25, 0.3) is 0 Å². The predicted molar refractivity (Wildman–Crippen MR) is 103 cm³/mol. The standard InChI is InChI=1S/C23H20N2O3/c26-18-12-11-17-19-20(21(18)24(17)13-15-7-3-1-4-8-15)23(28)25(22(19)27)14-16-9-5-2-6-10-16/h1-12,17,19-21H,13-14H2/t17-,19-,20-,21+/m0/s1. The van der Waals surface area contributed by atoms with E-state index in [0.29, 0.717) is 6.54 Å². The highest BCUT2D eigenvalue weighted by atomic mass is 16.2. The third kappa shape index (κ3) is 2.54. The van der Waals surface area contributed by atoms with Crippen molar-refractivity contribution in [3.63, 3.8) is 0 Å². The van der Waals surface area contributed by atoms with E-state index in [4.69, 9.17) is 0 Å². The molecule has 0 radical (unpaired) electrons. The summed E-state index contributed by atoms with van der Waals surface area (Å²) in [4.78, 5) is 42.4. The van der Waals surface area contributed by atoms with E-state index in [1.165, 1.54) is 4.90 Å². The molecule has 2 aromatic carbocycles. The van der Waals surface area contributed by atoms with Gasteiger partial charge in [0, 0.05) is 12.6 Å². The van der Waals surface area contributed by atoms with Gasteiger partial charge in [-0.3, -0.25) is 24.2 Å². The Hall–Kier alpha value is -3.05. The summed E-state index contributed by atoms with van der Waals surface area (Å²) in [6.45, 7) is 0.819. The molecule has 3 heterocycles. The van der Waals surface area contributed by atoms with Crippen LogP contribution in [0.15, 0.2) is 72.8 Å². The van der Waals surface area contributed by atoms with Crippen molar-refractivity contribution in [2.75, 3.05) is 0 Å². The minimum Gasteiger partial charge on any atom is -0.293 e. The van der Waals surface area contributed by atoms with Gasteiger partial charge in [0.05, 0.1) is 24.4 Å². The van der Waals surface area contributed by atoms with Gasteiger partial charge in [0.1, 0.15) is 0 Å². The monoisotopic (exact) mass is 372 g/mol. The van der Waals surface area contributed by atoms with E-state index in [1.807, 2.05) is 71.6 Å². The molecule has 3 aliphatic heterocycles. The Kier molecular flexibility index (Phi) is 3.98. The molecular formula is C23H20N2O3. The summed E-state index contributed by atoms with van der Waals surface area (Å²) in [6, 6.07) is 18.6. The molecule has 3 aliphatic rings. The SMILES string of the molecule is O=C1C=C[C@H]2[C@@H]3C(=O)N(Cc4ccccc4)C(=O)[C@@H]3[C@@H]1N2Cc1ccccc1. The van der Waals surface area contributed by atoms with E-state index >= 15 is 0 Å². The van der Waals surface area contributed by atoms with Crippen molar-refractivity contribution in [3.05, 3.63) is 83.9 Å². The van der Waals surface area contributed by atoms with E-state index in [1.54, 1.807) is 6.08 Å². The maximum absolute atomic E-state index is 13.2. The minimum atomic E-state index is -0.590. The molecule has 0 saturated carbocycles. The van der Waals surface area contributed by atoms with Crippen LogP contribution in [0.1, 0.15) is 11.1 Å². The topological polar surface area (TPSA) is 57.7 Å². The third-order valence-electron chi connectivity index (χ3n) is 6.08. The number of carbonyl (C=O) groups is 3. The van der Waals surface area contributed by atoms with Gasteiger partial charge in [-0.05, 0) is 17.2 Å². The van der Waals surface area contributed by atoms with Crippen LogP contribution >= 0.6 is 0 Å². The second-order valence-electron chi connectivity index (χ2n) is 7.65. The minimum absolute atomic E-state index is 0.0811.